The number of ether oxygens (including phenoxy) is 1. The van der Waals surface area contributed by atoms with Crippen molar-refractivity contribution in [1.29, 1.82) is 0 Å². The van der Waals surface area contributed by atoms with Gasteiger partial charge in [0.25, 0.3) is 12.4 Å². The second-order valence-corrected chi connectivity index (χ2v) is 7.96. The second kappa shape index (κ2) is 16.8. The zero-order chi connectivity index (χ0) is 19.6. The molecule has 0 saturated carbocycles. The Morgan fingerprint density at radius 2 is 1.41 bits per heavy atom. The molecule has 0 aliphatic heterocycles. The summed E-state index contributed by atoms with van der Waals surface area (Å²) in [5.41, 5.74) is 0.442. The van der Waals surface area contributed by atoms with Crippen molar-refractivity contribution < 1.29 is 14.3 Å². The van der Waals surface area contributed by atoms with Crippen LogP contribution in [0, 0.1) is 0 Å². The van der Waals surface area contributed by atoms with Gasteiger partial charge in [0.2, 0.25) is 0 Å². The Hall–Kier alpha value is -1.36. The van der Waals surface area contributed by atoms with Crippen LogP contribution in [0.2, 0.25) is 0 Å². The number of carbonyl (C=O) groups excluding carboxylic acids is 2. The van der Waals surface area contributed by atoms with Gasteiger partial charge in [-0.25, -0.2) is 0 Å². The summed E-state index contributed by atoms with van der Waals surface area (Å²) in [6.45, 7) is 3.29. The van der Waals surface area contributed by atoms with Gasteiger partial charge in [0, 0.05) is 17.3 Å². The number of hydrogen-bond acceptors (Lipinski definition) is 4. The van der Waals surface area contributed by atoms with E-state index in [2.05, 4.69) is 12.2 Å². The van der Waals surface area contributed by atoms with Crippen LogP contribution < -0.4 is 10.1 Å². The minimum absolute atomic E-state index is 0.164. The Morgan fingerprint density at radius 3 is 1.93 bits per heavy atom. The lowest BCUT2D eigenvalue weighted by Crippen LogP contribution is -2.24. The molecule has 0 aliphatic rings. The Bertz CT molecular complexity index is 502. The minimum atomic E-state index is -0.164. The number of amides is 1. The Labute approximate surface area is 169 Å². The number of carbonyl (C=O) groups is 2. The lowest BCUT2D eigenvalue weighted by molar-refractivity contribution is -0.120. The molecule has 1 aromatic heterocycles. The van der Waals surface area contributed by atoms with Crippen molar-refractivity contribution in [2.45, 2.75) is 96.8 Å². The van der Waals surface area contributed by atoms with E-state index < -0.39 is 0 Å². The Balaban J connectivity index is 1.87. The van der Waals surface area contributed by atoms with Crippen LogP contribution in [0.25, 0.3) is 0 Å². The van der Waals surface area contributed by atoms with Crippen LogP contribution in [0.5, 0.6) is 5.75 Å². The van der Waals surface area contributed by atoms with Crippen molar-refractivity contribution >= 4 is 23.7 Å². The van der Waals surface area contributed by atoms with E-state index in [9.17, 15) is 9.59 Å². The monoisotopic (exact) mass is 395 g/mol. The van der Waals surface area contributed by atoms with Crippen molar-refractivity contribution in [2.24, 2.45) is 0 Å². The molecule has 1 N–H and O–H groups in total. The highest BCUT2D eigenvalue weighted by Crippen LogP contribution is 2.22. The van der Waals surface area contributed by atoms with E-state index in [-0.39, 0.29) is 5.91 Å². The highest BCUT2D eigenvalue weighted by atomic mass is 32.1. The SMILES string of the molecule is CCCCCCCCCCCCCCCCNC(=O)c1cscc1OC=O. The fourth-order valence-corrected chi connectivity index (χ4v) is 3.94. The first-order chi connectivity index (χ1) is 13.3. The van der Waals surface area contributed by atoms with Crippen molar-refractivity contribution in [1.82, 2.24) is 5.32 Å². The summed E-state index contributed by atoms with van der Waals surface area (Å²) in [5.74, 6) is 0.177. The molecule has 0 spiro atoms. The van der Waals surface area contributed by atoms with E-state index in [0.29, 0.717) is 24.3 Å². The molecule has 0 unspecified atom stereocenters. The van der Waals surface area contributed by atoms with Crippen LogP contribution in [0.15, 0.2) is 10.8 Å². The van der Waals surface area contributed by atoms with Crippen molar-refractivity contribution in [2.75, 3.05) is 6.54 Å². The first-order valence-corrected chi connectivity index (χ1v) is 11.7. The summed E-state index contributed by atoms with van der Waals surface area (Å²) in [5, 5.41) is 6.27. The molecule has 0 aromatic carbocycles. The van der Waals surface area contributed by atoms with Gasteiger partial charge in [-0.2, -0.15) is 0 Å². The largest absolute Gasteiger partial charge is 0.427 e. The molecular weight excluding hydrogens is 358 g/mol. The standard InChI is InChI=1S/C22H37NO3S/c1-2-3-4-5-6-7-8-9-10-11-12-13-14-15-16-23-22(25)20-17-27-18-21(20)26-19-24/h17-19H,2-16H2,1H3,(H,23,25). The van der Waals surface area contributed by atoms with Gasteiger partial charge in [-0.1, -0.05) is 90.4 Å². The molecule has 5 heteroatoms. The molecule has 0 bridgehead atoms. The molecule has 0 aliphatic carbocycles. The summed E-state index contributed by atoms with van der Waals surface area (Å²) >= 11 is 1.35. The molecule has 0 fully saturated rings. The van der Waals surface area contributed by atoms with Gasteiger partial charge in [0.15, 0.2) is 5.75 Å². The summed E-state index contributed by atoms with van der Waals surface area (Å²) in [7, 11) is 0. The molecule has 1 amide bonds. The normalized spacial score (nSPS) is 10.7. The fourth-order valence-electron chi connectivity index (χ4n) is 3.21. The maximum absolute atomic E-state index is 12.0. The number of thiophene rings is 1. The van der Waals surface area contributed by atoms with Crippen LogP contribution in [0.1, 0.15) is 107 Å². The summed E-state index contributed by atoms with van der Waals surface area (Å²) in [6.07, 6.45) is 18.6. The van der Waals surface area contributed by atoms with Gasteiger partial charge in [-0.3, -0.25) is 9.59 Å². The van der Waals surface area contributed by atoms with E-state index in [1.54, 1.807) is 10.8 Å². The number of hydrogen-bond donors (Lipinski definition) is 1. The van der Waals surface area contributed by atoms with Gasteiger partial charge in [0.1, 0.15) is 0 Å². The van der Waals surface area contributed by atoms with Crippen LogP contribution in [0.3, 0.4) is 0 Å². The lowest BCUT2D eigenvalue weighted by Gasteiger charge is -2.06. The summed E-state index contributed by atoms with van der Waals surface area (Å²) < 4.78 is 4.80. The van der Waals surface area contributed by atoms with Gasteiger partial charge in [-0.15, -0.1) is 11.3 Å². The molecule has 27 heavy (non-hydrogen) atoms. The molecule has 1 rings (SSSR count). The molecular formula is C22H37NO3S. The second-order valence-electron chi connectivity index (χ2n) is 7.22. The zero-order valence-electron chi connectivity index (χ0n) is 17.0. The average Bonchev–Trinajstić information content (AvgIpc) is 3.13. The molecule has 4 nitrogen and oxygen atoms in total. The van der Waals surface area contributed by atoms with Crippen LogP contribution in [0.4, 0.5) is 0 Å². The van der Waals surface area contributed by atoms with Gasteiger partial charge >= 0.3 is 0 Å². The van der Waals surface area contributed by atoms with Crippen molar-refractivity contribution in [3.8, 4) is 5.75 Å². The Kier molecular flexibility index (Phi) is 14.7. The smallest absolute Gasteiger partial charge is 0.298 e. The summed E-state index contributed by atoms with van der Waals surface area (Å²) in [6, 6.07) is 0. The fraction of sp³-hybridized carbons (Fsp3) is 0.727. The zero-order valence-corrected chi connectivity index (χ0v) is 17.8. The molecule has 0 saturated heterocycles. The van der Waals surface area contributed by atoms with Gasteiger partial charge < -0.3 is 10.1 Å². The average molecular weight is 396 g/mol. The van der Waals surface area contributed by atoms with Crippen LogP contribution in [-0.2, 0) is 4.79 Å². The van der Waals surface area contributed by atoms with E-state index in [0.717, 1.165) is 12.8 Å². The molecule has 154 valence electrons. The van der Waals surface area contributed by atoms with E-state index in [1.807, 2.05) is 0 Å². The third-order valence-corrected chi connectivity index (χ3v) is 5.58. The van der Waals surface area contributed by atoms with Crippen LogP contribution >= 0.6 is 11.3 Å². The highest BCUT2D eigenvalue weighted by molar-refractivity contribution is 7.08. The molecule has 0 atom stereocenters. The maximum Gasteiger partial charge on any atom is 0.298 e. The predicted molar refractivity (Wildman–Crippen MR) is 114 cm³/mol. The predicted octanol–water partition coefficient (Wildman–Crippen LogP) is 6.49. The molecule has 0 radical (unpaired) electrons. The number of nitrogens with one attached hydrogen (secondary N) is 1. The molecule has 1 heterocycles. The lowest BCUT2D eigenvalue weighted by atomic mass is 10.0. The van der Waals surface area contributed by atoms with Gasteiger partial charge in [0.05, 0.1) is 5.56 Å². The first kappa shape index (κ1) is 23.7. The number of unbranched alkanes of at least 4 members (excludes halogenated alkanes) is 13. The minimum Gasteiger partial charge on any atom is -0.427 e. The third kappa shape index (κ3) is 11.9. The van der Waals surface area contributed by atoms with E-state index in [4.69, 9.17) is 4.74 Å². The quantitative estimate of drug-likeness (QED) is 0.228. The summed E-state index contributed by atoms with van der Waals surface area (Å²) in [4.78, 5) is 22.4. The maximum atomic E-state index is 12.0. The van der Waals surface area contributed by atoms with E-state index in [1.165, 1.54) is 88.4 Å². The van der Waals surface area contributed by atoms with Crippen molar-refractivity contribution in [3.05, 3.63) is 16.3 Å². The van der Waals surface area contributed by atoms with E-state index >= 15 is 0 Å². The highest BCUT2D eigenvalue weighted by Gasteiger charge is 2.13. The van der Waals surface area contributed by atoms with Crippen molar-refractivity contribution in [3.63, 3.8) is 0 Å². The number of rotatable bonds is 18. The third-order valence-electron chi connectivity index (χ3n) is 4.86. The topological polar surface area (TPSA) is 55.4 Å². The van der Waals surface area contributed by atoms with Crippen LogP contribution in [-0.4, -0.2) is 18.9 Å². The molecule has 1 aromatic rings. The first-order valence-electron chi connectivity index (χ1n) is 10.7. The Morgan fingerprint density at radius 1 is 0.889 bits per heavy atom. The van der Waals surface area contributed by atoms with Gasteiger partial charge in [-0.05, 0) is 6.42 Å².